The molecule has 2 fully saturated rings. The third-order valence-corrected chi connectivity index (χ3v) is 5.46. The summed E-state index contributed by atoms with van der Waals surface area (Å²) in [5.74, 6) is 1.25. The van der Waals surface area contributed by atoms with Crippen molar-refractivity contribution in [3.63, 3.8) is 0 Å². The van der Waals surface area contributed by atoms with Gasteiger partial charge in [-0.05, 0) is 49.7 Å². The Hall–Kier alpha value is -2.08. The summed E-state index contributed by atoms with van der Waals surface area (Å²) in [5.41, 5.74) is 2.17. The van der Waals surface area contributed by atoms with E-state index in [0.717, 1.165) is 55.3 Å². The van der Waals surface area contributed by atoms with E-state index >= 15 is 0 Å². The van der Waals surface area contributed by atoms with Gasteiger partial charge in [0.1, 0.15) is 17.5 Å². The maximum atomic E-state index is 12.3. The SMILES string of the molecule is COc1cnc2[nH]cc([C@@H]3CCC[C@H](NC(=O)[C@@H]4CCCO4)C3)c2c1. The van der Waals surface area contributed by atoms with E-state index in [0.29, 0.717) is 12.5 Å². The Kier molecular flexibility index (Phi) is 4.61. The molecule has 3 heterocycles. The molecule has 2 aliphatic rings. The summed E-state index contributed by atoms with van der Waals surface area (Å²) >= 11 is 0. The molecule has 4 rings (SSSR count). The third-order valence-electron chi connectivity index (χ3n) is 5.46. The highest BCUT2D eigenvalue weighted by molar-refractivity contribution is 5.82. The molecular weight excluding hydrogens is 318 g/mol. The number of aromatic amines is 1. The van der Waals surface area contributed by atoms with Gasteiger partial charge in [0.05, 0.1) is 13.3 Å². The number of nitrogens with one attached hydrogen (secondary N) is 2. The summed E-state index contributed by atoms with van der Waals surface area (Å²) in [6.45, 7) is 0.704. The number of ether oxygens (including phenoxy) is 2. The maximum absolute atomic E-state index is 12.3. The van der Waals surface area contributed by atoms with Crippen molar-refractivity contribution >= 4 is 16.9 Å². The molecule has 0 radical (unpaired) electrons. The third kappa shape index (κ3) is 3.35. The number of aromatic nitrogens is 2. The average molecular weight is 343 g/mol. The summed E-state index contributed by atoms with van der Waals surface area (Å²) in [7, 11) is 1.66. The van der Waals surface area contributed by atoms with Crippen LogP contribution in [0.2, 0.25) is 0 Å². The van der Waals surface area contributed by atoms with Crippen molar-refractivity contribution in [2.75, 3.05) is 13.7 Å². The summed E-state index contributed by atoms with van der Waals surface area (Å²) in [6.07, 6.45) is 9.62. The highest BCUT2D eigenvalue weighted by Gasteiger charge is 2.30. The molecule has 134 valence electrons. The largest absolute Gasteiger partial charge is 0.495 e. The van der Waals surface area contributed by atoms with E-state index in [1.165, 1.54) is 5.56 Å². The Balaban J connectivity index is 1.48. The van der Waals surface area contributed by atoms with Gasteiger partial charge in [0.2, 0.25) is 5.91 Å². The van der Waals surface area contributed by atoms with Crippen molar-refractivity contribution in [3.05, 3.63) is 24.0 Å². The zero-order chi connectivity index (χ0) is 17.2. The van der Waals surface area contributed by atoms with Crippen LogP contribution in [0, 0.1) is 0 Å². The number of H-pyrrole nitrogens is 1. The van der Waals surface area contributed by atoms with E-state index < -0.39 is 0 Å². The molecule has 2 N–H and O–H groups in total. The van der Waals surface area contributed by atoms with Gasteiger partial charge in [0.25, 0.3) is 0 Å². The number of carbonyl (C=O) groups excluding carboxylic acids is 1. The Morgan fingerprint density at radius 2 is 2.28 bits per heavy atom. The van der Waals surface area contributed by atoms with Crippen LogP contribution in [-0.4, -0.2) is 41.7 Å². The second kappa shape index (κ2) is 7.04. The highest BCUT2D eigenvalue weighted by Crippen LogP contribution is 2.37. The molecular formula is C19H25N3O3. The number of fused-ring (bicyclic) bond motifs is 1. The summed E-state index contributed by atoms with van der Waals surface area (Å²) in [5, 5.41) is 4.33. The molecule has 6 heteroatoms. The minimum atomic E-state index is -0.248. The first-order chi connectivity index (χ1) is 12.2. The van der Waals surface area contributed by atoms with Gasteiger partial charge in [0.15, 0.2) is 0 Å². The van der Waals surface area contributed by atoms with Gasteiger partial charge in [-0.2, -0.15) is 0 Å². The van der Waals surface area contributed by atoms with Gasteiger partial charge < -0.3 is 19.8 Å². The number of hydrogen-bond acceptors (Lipinski definition) is 4. The smallest absolute Gasteiger partial charge is 0.249 e. The fraction of sp³-hybridized carbons (Fsp3) is 0.579. The van der Waals surface area contributed by atoms with E-state index in [4.69, 9.17) is 9.47 Å². The molecule has 1 saturated heterocycles. The standard InChI is InChI=1S/C19H25N3O3/c1-24-14-9-15-16(11-21-18(15)20-10-14)12-4-2-5-13(8-12)22-19(23)17-6-3-7-25-17/h9-13,17H,2-8H2,1H3,(H,20,21)(H,22,23)/t12-,13+,17+/m1/s1. The Labute approximate surface area is 147 Å². The molecule has 3 atom stereocenters. The monoisotopic (exact) mass is 343 g/mol. The minimum absolute atomic E-state index is 0.0606. The fourth-order valence-corrected chi connectivity index (χ4v) is 4.14. The van der Waals surface area contributed by atoms with Crippen molar-refractivity contribution in [3.8, 4) is 5.75 Å². The second-order valence-electron chi connectivity index (χ2n) is 7.09. The van der Waals surface area contributed by atoms with E-state index in [1.807, 2.05) is 6.07 Å². The van der Waals surface area contributed by atoms with Gasteiger partial charge in [0, 0.05) is 24.2 Å². The Morgan fingerprint density at radius 1 is 1.36 bits per heavy atom. The topological polar surface area (TPSA) is 76.2 Å². The molecule has 1 aliphatic carbocycles. The van der Waals surface area contributed by atoms with E-state index in [1.54, 1.807) is 13.3 Å². The highest BCUT2D eigenvalue weighted by atomic mass is 16.5. The lowest BCUT2D eigenvalue weighted by atomic mass is 9.81. The average Bonchev–Trinajstić information content (AvgIpc) is 3.31. The molecule has 6 nitrogen and oxygen atoms in total. The van der Waals surface area contributed by atoms with Gasteiger partial charge in [-0.1, -0.05) is 6.42 Å². The Bertz CT molecular complexity index is 751. The van der Waals surface area contributed by atoms with Crippen LogP contribution >= 0.6 is 0 Å². The molecule has 0 aromatic carbocycles. The van der Waals surface area contributed by atoms with Crippen LogP contribution in [0.3, 0.4) is 0 Å². The molecule has 2 aromatic heterocycles. The zero-order valence-electron chi connectivity index (χ0n) is 14.6. The van der Waals surface area contributed by atoms with Gasteiger partial charge in [-0.3, -0.25) is 4.79 Å². The van der Waals surface area contributed by atoms with Crippen LogP contribution in [0.4, 0.5) is 0 Å². The van der Waals surface area contributed by atoms with E-state index in [9.17, 15) is 4.79 Å². The number of rotatable bonds is 4. The minimum Gasteiger partial charge on any atom is -0.495 e. The van der Waals surface area contributed by atoms with Crippen molar-refractivity contribution in [1.82, 2.24) is 15.3 Å². The predicted octanol–water partition coefficient (Wildman–Crippen LogP) is 2.89. The lowest BCUT2D eigenvalue weighted by Gasteiger charge is -2.30. The fourth-order valence-electron chi connectivity index (χ4n) is 4.14. The molecule has 0 spiro atoms. The van der Waals surface area contributed by atoms with Gasteiger partial charge in [-0.25, -0.2) is 4.98 Å². The zero-order valence-corrected chi connectivity index (χ0v) is 14.6. The van der Waals surface area contributed by atoms with Gasteiger partial charge in [-0.15, -0.1) is 0 Å². The van der Waals surface area contributed by atoms with E-state index in [-0.39, 0.29) is 18.1 Å². The van der Waals surface area contributed by atoms with Crippen LogP contribution in [0.25, 0.3) is 11.0 Å². The van der Waals surface area contributed by atoms with Gasteiger partial charge >= 0.3 is 0 Å². The van der Waals surface area contributed by atoms with Crippen molar-refractivity contribution < 1.29 is 14.3 Å². The second-order valence-corrected chi connectivity index (χ2v) is 7.09. The number of hydrogen-bond donors (Lipinski definition) is 2. The first-order valence-corrected chi connectivity index (χ1v) is 9.17. The number of nitrogens with zero attached hydrogens (tertiary/aromatic N) is 1. The Morgan fingerprint density at radius 3 is 3.08 bits per heavy atom. The predicted molar refractivity (Wildman–Crippen MR) is 94.8 cm³/mol. The van der Waals surface area contributed by atoms with Crippen LogP contribution in [0.5, 0.6) is 5.75 Å². The summed E-state index contributed by atoms with van der Waals surface area (Å²) in [4.78, 5) is 20.0. The summed E-state index contributed by atoms with van der Waals surface area (Å²) < 4.78 is 10.8. The first kappa shape index (κ1) is 16.4. The van der Waals surface area contributed by atoms with Crippen molar-refractivity contribution in [2.24, 2.45) is 0 Å². The van der Waals surface area contributed by atoms with Crippen LogP contribution in [0.1, 0.15) is 50.0 Å². The molecule has 1 saturated carbocycles. The maximum Gasteiger partial charge on any atom is 0.249 e. The first-order valence-electron chi connectivity index (χ1n) is 9.17. The molecule has 1 aliphatic heterocycles. The number of pyridine rings is 1. The number of carbonyl (C=O) groups is 1. The van der Waals surface area contributed by atoms with Crippen LogP contribution in [0.15, 0.2) is 18.5 Å². The quantitative estimate of drug-likeness (QED) is 0.895. The molecule has 1 amide bonds. The number of amides is 1. The van der Waals surface area contributed by atoms with Crippen LogP contribution < -0.4 is 10.1 Å². The summed E-state index contributed by atoms with van der Waals surface area (Å²) in [6, 6.07) is 2.27. The molecule has 0 bridgehead atoms. The lowest BCUT2D eigenvalue weighted by molar-refractivity contribution is -0.131. The molecule has 0 unspecified atom stereocenters. The van der Waals surface area contributed by atoms with Crippen molar-refractivity contribution in [2.45, 2.75) is 56.6 Å². The van der Waals surface area contributed by atoms with Crippen molar-refractivity contribution in [1.29, 1.82) is 0 Å². The van der Waals surface area contributed by atoms with E-state index in [2.05, 4.69) is 21.5 Å². The molecule has 25 heavy (non-hydrogen) atoms. The number of methoxy groups -OCH3 is 1. The normalized spacial score (nSPS) is 26.7. The lowest BCUT2D eigenvalue weighted by Crippen LogP contribution is -2.43. The molecule has 2 aromatic rings. The van der Waals surface area contributed by atoms with Crippen LogP contribution in [-0.2, 0) is 9.53 Å².